The third-order valence-electron chi connectivity index (χ3n) is 1.75. The number of methoxy groups -OCH3 is 1. The van der Waals surface area contributed by atoms with E-state index < -0.39 is 6.43 Å². The van der Waals surface area contributed by atoms with Gasteiger partial charge in [-0.3, -0.25) is 0 Å². The van der Waals surface area contributed by atoms with E-state index >= 15 is 0 Å². The lowest BCUT2D eigenvalue weighted by Crippen LogP contribution is -2.05. The molecular weight excluding hydrogens is 258 g/mol. The van der Waals surface area contributed by atoms with Crippen molar-refractivity contribution in [1.82, 2.24) is 4.98 Å². The molecule has 0 saturated carbocycles. The molecular formula is C8H9BrF2N2O. The Labute approximate surface area is 88.4 Å². The van der Waals surface area contributed by atoms with Gasteiger partial charge in [0.1, 0.15) is 10.4 Å². The van der Waals surface area contributed by atoms with Gasteiger partial charge in [0.05, 0.1) is 12.7 Å². The van der Waals surface area contributed by atoms with E-state index in [1.165, 1.54) is 7.11 Å². The average molecular weight is 267 g/mol. The lowest BCUT2D eigenvalue weighted by atomic mass is 10.2. The first kappa shape index (κ1) is 11.3. The van der Waals surface area contributed by atoms with Crippen LogP contribution >= 0.6 is 15.9 Å². The summed E-state index contributed by atoms with van der Waals surface area (Å²) in [4.78, 5) is 3.76. The molecule has 0 saturated heterocycles. The first-order chi connectivity index (χ1) is 6.61. The van der Waals surface area contributed by atoms with E-state index in [-0.39, 0.29) is 17.9 Å². The summed E-state index contributed by atoms with van der Waals surface area (Å²) in [7, 11) is 1.33. The minimum atomic E-state index is -2.61. The number of aromatic nitrogens is 1. The number of nitrogens with zero attached hydrogens (tertiary/aromatic N) is 1. The molecule has 0 aromatic carbocycles. The monoisotopic (exact) mass is 266 g/mol. The fourth-order valence-electron chi connectivity index (χ4n) is 1.10. The maximum atomic E-state index is 12.5. The van der Waals surface area contributed by atoms with Gasteiger partial charge in [0.2, 0.25) is 0 Å². The molecule has 0 bridgehead atoms. The van der Waals surface area contributed by atoms with Gasteiger partial charge >= 0.3 is 0 Å². The molecule has 1 heterocycles. The van der Waals surface area contributed by atoms with Crippen LogP contribution < -0.4 is 10.5 Å². The predicted molar refractivity (Wildman–Crippen MR) is 51.3 cm³/mol. The highest BCUT2D eigenvalue weighted by Gasteiger charge is 2.19. The summed E-state index contributed by atoms with van der Waals surface area (Å²) in [5.74, 6) is 0.101. The number of hydrogen-bond donors (Lipinski definition) is 1. The Morgan fingerprint density at radius 2 is 2.29 bits per heavy atom. The van der Waals surface area contributed by atoms with E-state index in [0.717, 1.165) is 6.20 Å². The Bertz CT molecular complexity index is 333. The van der Waals surface area contributed by atoms with Gasteiger partial charge < -0.3 is 10.5 Å². The van der Waals surface area contributed by atoms with Crippen molar-refractivity contribution >= 4 is 15.9 Å². The average Bonchev–Trinajstić information content (AvgIpc) is 2.16. The molecule has 0 atom stereocenters. The zero-order chi connectivity index (χ0) is 10.7. The van der Waals surface area contributed by atoms with Gasteiger partial charge in [-0.15, -0.1) is 0 Å². The van der Waals surface area contributed by atoms with Gasteiger partial charge in [-0.05, 0) is 15.9 Å². The highest BCUT2D eigenvalue weighted by atomic mass is 79.9. The van der Waals surface area contributed by atoms with E-state index in [1.54, 1.807) is 0 Å². The Morgan fingerprint density at radius 3 is 2.71 bits per heavy atom. The zero-order valence-corrected chi connectivity index (χ0v) is 9.01. The van der Waals surface area contributed by atoms with Crippen molar-refractivity contribution in [2.24, 2.45) is 5.73 Å². The van der Waals surface area contributed by atoms with Crippen LogP contribution in [0.25, 0.3) is 0 Å². The Morgan fingerprint density at radius 1 is 1.64 bits per heavy atom. The molecule has 78 valence electrons. The van der Waals surface area contributed by atoms with Crippen molar-refractivity contribution in [2.45, 2.75) is 13.0 Å². The number of ether oxygens (including phenoxy) is 1. The second kappa shape index (κ2) is 4.65. The van der Waals surface area contributed by atoms with Gasteiger partial charge in [-0.25, -0.2) is 13.8 Å². The van der Waals surface area contributed by atoms with Crippen LogP contribution in [-0.4, -0.2) is 12.1 Å². The lowest BCUT2D eigenvalue weighted by molar-refractivity contribution is 0.146. The van der Waals surface area contributed by atoms with E-state index in [0.29, 0.717) is 10.2 Å². The third kappa shape index (κ3) is 2.01. The highest BCUT2D eigenvalue weighted by Crippen LogP contribution is 2.34. The lowest BCUT2D eigenvalue weighted by Gasteiger charge is -2.12. The predicted octanol–water partition coefficient (Wildman–Crippen LogP) is 2.25. The summed E-state index contributed by atoms with van der Waals surface area (Å²) in [5.41, 5.74) is 5.61. The second-order valence-electron chi connectivity index (χ2n) is 2.52. The van der Waals surface area contributed by atoms with Gasteiger partial charge in [-0.2, -0.15) is 0 Å². The maximum absolute atomic E-state index is 12.5. The summed E-state index contributed by atoms with van der Waals surface area (Å²) in [6.07, 6.45) is -1.54. The van der Waals surface area contributed by atoms with Crippen molar-refractivity contribution in [3.63, 3.8) is 0 Å². The molecule has 3 nitrogen and oxygen atoms in total. The normalized spacial score (nSPS) is 10.7. The Balaban J connectivity index is 3.33. The standard InChI is InChI=1S/C8H9BrF2N2O/c1-14-6-4(2-12)7(9)13-3-5(6)8(10)11/h3,8H,2,12H2,1H3. The largest absolute Gasteiger partial charge is 0.496 e. The van der Waals surface area contributed by atoms with E-state index in [2.05, 4.69) is 20.9 Å². The molecule has 2 N–H and O–H groups in total. The van der Waals surface area contributed by atoms with Gasteiger partial charge in [0.15, 0.2) is 0 Å². The SMILES string of the molecule is COc1c(C(F)F)cnc(Br)c1CN. The molecule has 1 rings (SSSR count). The fourth-order valence-corrected chi connectivity index (χ4v) is 1.55. The van der Waals surface area contributed by atoms with Crippen LogP contribution in [-0.2, 0) is 6.54 Å². The number of alkyl halides is 2. The molecule has 0 amide bonds. The van der Waals surface area contributed by atoms with Crippen LogP contribution in [0.5, 0.6) is 5.75 Å². The van der Waals surface area contributed by atoms with Crippen molar-refractivity contribution in [2.75, 3.05) is 7.11 Å². The van der Waals surface area contributed by atoms with Crippen molar-refractivity contribution < 1.29 is 13.5 Å². The van der Waals surface area contributed by atoms with Crippen molar-refractivity contribution in [3.8, 4) is 5.75 Å². The van der Waals surface area contributed by atoms with E-state index in [9.17, 15) is 8.78 Å². The fraction of sp³-hybridized carbons (Fsp3) is 0.375. The summed E-state index contributed by atoms with van der Waals surface area (Å²) >= 11 is 3.12. The molecule has 1 aromatic rings. The second-order valence-corrected chi connectivity index (χ2v) is 3.27. The topological polar surface area (TPSA) is 48.1 Å². The Hall–Kier alpha value is -0.750. The molecule has 0 aliphatic heterocycles. The first-order valence-electron chi connectivity index (χ1n) is 3.81. The number of pyridine rings is 1. The maximum Gasteiger partial charge on any atom is 0.268 e. The molecule has 1 aromatic heterocycles. The smallest absolute Gasteiger partial charge is 0.268 e. The minimum absolute atomic E-state index is 0.0946. The summed E-state index contributed by atoms with van der Waals surface area (Å²) in [5, 5.41) is 0. The van der Waals surface area contributed by atoms with Crippen LogP contribution in [0.3, 0.4) is 0 Å². The van der Waals surface area contributed by atoms with Crippen LogP contribution in [0.2, 0.25) is 0 Å². The summed E-state index contributed by atoms with van der Waals surface area (Å²) in [6.45, 7) is 0.0946. The van der Waals surface area contributed by atoms with Crippen LogP contribution in [0.1, 0.15) is 17.6 Å². The third-order valence-corrected chi connectivity index (χ3v) is 2.43. The summed E-state index contributed by atoms with van der Waals surface area (Å²) < 4.78 is 30.3. The molecule has 6 heteroatoms. The van der Waals surface area contributed by atoms with Crippen LogP contribution in [0.15, 0.2) is 10.8 Å². The molecule has 0 radical (unpaired) electrons. The number of rotatable bonds is 3. The van der Waals surface area contributed by atoms with E-state index in [1.807, 2.05) is 0 Å². The van der Waals surface area contributed by atoms with Gasteiger partial charge in [0.25, 0.3) is 6.43 Å². The number of nitrogens with two attached hydrogens (primary N) is 1. The minimum Gasteiger partial charge on any atom is -0.496 e. The van der Waals surface area contributed by atoms with Gasteiger partial charge in [0, 0.05) is 18.3 Å². The molecule has 0 spiro atoms. The molecule has 0 aliphatic rings. The highest BCUT2D eigenvalue weighted by molar-refractivity contribution is 9.10. The van der Waals surface area contributed by atoms with Gasteiger partial charge in [-0.1, -0.05) is 0 Å². The Kier molecular flexibility index (Phi) is 3.77. The van der Waals surface area contributed by atoms with E-state index in [4.69, 9.17) is 10.5 Å². The zero-order valence-electron chi connectivity index (χ0n) is 7.43. The number of hydrogen-bond acceptors (Lipinski definition) is 3. The molecule has 0 aliphatic carbocycles. The van der Waals surface area contributed by atoms with Crippen molar-refractivity contribution in [1.29, 1.82) is 0 Å². The number of halogens is 3. The molecule has 0 unspecified atom stereocenters. The first-order valence-corrected chi connectivity index (χ1v) is 4.60. The van der Waals surface area contributed by atoms with Crippen LogP contribution in [0, 0.1) is 0 Å². The van der Waals surface area contributed by atoms with Crippen molar-refractivity contribution in [3.05, 3.63) is 21.9 Å². The molecule has 0 fully saturated rings. The van der Waals surface area contributed by atoms with Crippen LogP contribution in [0.4, 0.5) is 8.78 Å². The summed E-state index contributed by atoms with van der Waals surface area (Å²) in [6, 6.07) is 0. The molecule has 14 heavy (non-hydrogen) atoms. The quantitative estimate of drug-likeness (QED) is 0.854.